The SMILES string of the molecule is CCc1cc2c(=O)n(CCCC(=O)O)c(Cc3ccc(OC)c(OC)c3)nc2s1. The van der Waals surface area contributed by atoms with E-state index in [9.17, 15) is 9.59 Å². The maximum Gasteiger partial charge on any atom is 0.303 e. The van der Waals surface area contributed by atoms with Crippen molar-refractivity contribution >= 4 is 27.5 Å². The number of fused-ring (bicyclic) bond motifs is 1. The maximum atomic E-state index is 13.1. The van der Waals surface area contributed by atoms with Crippen molar-refractivity contribution in [3.8, 4) is 11.5 Å². The molecule has 0 aliphatic heterocycles. The fraction of sp³-hybridized carbons (Fsp3) is 0.381. The number of hydrogen-bond donors (Lipinski definition) is 1. The molecule has 0 bridgehead atoms. The van der Waals surface area contributed by atoms with E-state index in [0.29, 0.717) is 42.1 Å². The number of methoxy groups -OCH3 is 2. The van der Waals surface area contributed by atoms with E-state index in [0.717, 1.165) is 21.7 Å². The number of thiophene rings is 1. The van der Waals surface area contributed by atoms with Crippen molar-refractivity contribution in [2.45, 2.75) is 39.2 Å². The summed E-state index contributed by atoms with van der Waals surface area (Å²) in [6, 6.07) is 7.48. The number of nitrogens with zero attached hydrogens (tertiary/aromatic N) is 2. The number of aliphatic carboxylic acids is 1. The zero-order valence-electron chi connectivity index (χ0n) is 16.7. The smallest absolute Gasteiger partial charge is 0.303 e. The molecule has 8 heteroatoms. The monoisotopic (exact) mass is 416 g/mol. The van der Waals surface area contributed by atoms with E-state index in [1.165, 1.54) is 11.3 Å². The second-order valence-corrected chi connectivity index (χ2v) is 7.75. The number of carboxylic acids is 1. The minimum Gasteiger partial charge on any atom is -0.493 e. The summed E-state index contributed by atoms with van der Waals surface area (Å²) in [6.07, 6.45) is 1.64. The number of carbonyl (C=O) groups is 1. The fourth-order valence-corrected chi connectivity index (χ4v) is 4.19. The minimum atomic E-state index is -0.877. The molecule has 0 spiro atoms. The summed E-state index contributed by atoms with van der Waals surface area (Å²) in [5.41, 5.74) is 0.806. The lowest BCUT2D eigenvalue weighted by Crippen LogP contribution is -2.25. The molecule has 0 radical (unpaired) electrons. The molecule has 29 heavy (non-hydrogen) atoms. The summed E-state index contributed by atoms with van der Waals surface area (Å²) in [7, 11) is 3.15. The number of rotatable bonds is 9. The maximum absolute atomic E-state index is 13.1. The third-order valence-electron chi connectivity index (χ3n) is 4.71. The quantitative estimate of drug-likeness (QED) is 0.574. The number of carboxylic acid groups (broad SMARTS) is 1. The van der Waals surface area contributed by atoms with Gasteiger partial charge in [-0.15, -0.1) is 11.3 Å². The van der Waals surface area contributed by atoms with Gasteiger partial charge in [-0.3, -0.25) is 14.2 Å². The Bertz CT molecular complexity index is 1090. The van der Waals surface area contributed by atoms with Crippen molar-refractivity contribution in [1.82, 2.24) is 9.55 Å². The number of aromatic nitrogens is 2. The molecule has 0 aliphatic carbocycles. The average Bonchev–Trinajstić information content (AvgIpc) is 3.13. The molecule has 7 nitrogen and oxygen atoms in total. The summed E-state index contributed by atoms with van der Waals surface area (Å²) in [4.78, 5) is 30.6. The average molecular weight is 416 g/mol. The van der Waals surface area contributed by atoms with Crippen LogP contribution in [0.1, 0.15) is 36.0 Å². The Morgan fingerprint density at radius 2 is 1.97 bits per heavy atom. The van der Waals surface area contributed by atoms with E-state index in [4.69, 9.17) is 19.6 Å². The standard InChI is InChI=1S/C21H24N2O5S/c1-4-14-12-15-20(29-14)22-18(23(21(15)26)9-5-6-19(24)25)11-13-7-8-16(27-2)17(10-13)28-3/h7-8,10,12H,4-6,9,11H2,1-3H3,(H,24,25). The van der Waals surface area contributed by atoms with Gasteiger partial charge in [0, 0.05) is 24.3 Å². The molecule has 1 N–H and O–H groups in total. The highest BCUT2D eigenvalue weighted by atomic mass is 32.1. The molecule has 3 aromatic rings. The molecule has 0 saturated carbocycles. The van der Waals surface area contributed by atoms with Crippen LogP contribution in [0.3, 0.4) is 0 Å². The number of aryl methyl sites for hydroxylation is 1. The largest absolute Gasteiger partial charge is 0.493 e. The molecule has 2 heterocycles. The summed E-state index contributed by atoms with van der Waals surface area (Å²) >= 11 is 1.52. The molecule has 1 aromatic carbocycles. The van der Waals surface area contributed by atoms with Gasteiger partial charge in [0.25, 0.3) is 5.56 Å². The second-order valence-electron chi connectivity index (χ2n) is 6.63. The molecule has 0 aliphatic rings. The first-order valence-corrected chi connectivity index (χ1v) is 10.2. The lowest BCUT2D eigenvalue weighted by atomic mass is 10.1. The van der Waals surface area contributed by atoms with Crippen LogP contribution in [-0.4, -0.2) is 34.8 Å². The van der Waals surface area contributed by atoms with E-state index < -0.39 is 5.97 Å². The highest BCUT2D eigenvalue weighted by Crippen LogP contribution is 2.29. The van der Waals surface area contributed by atoms with Crippen molar-refractivity contribution in [3.05, 3.63) is 50.9 Å². The van der Waals surface area contributed by atoms with Crippen LogP contribution >= 0.6 is 11.3 Å². The van der Waals surface area contributed by atoms with Crippen LogP contribution in [0.25, 0.3) is 10.2 Å². The molecular weight excluding hydrogens is 392 g/mol. The van der Waals surface area contributed by atoms with Gasteiger partial charge < -0.3 is 14.6 Å². The normalized spacial score (nSPS) is 11.0. The third kappa shape index (κ3) is 4.59. The van der Waals surface area contributed by atoms with Gasteiger partial charge in [0.2, 0.25) is 0 Å². The fourth-order valence-electron chi connectivity index (χ4n) is 3.21. The zero-order chi connectivity index (χ0) is 21.0. The van der Waals surface area contributed by atoms with Crippen LogP contribution in [0.5, 0.6) is 11.5 Å². The lowest BCUT2D eigenvalue weighted by Gasteiger charge is -2.13. The van der Waals surface area contributed by atoms with Gasteiger partial charge >= 0.3 is 5.97 Å². The van der Waals surface area contributed by atoms with Crippen LogP contribution < -0.4 is 15.0 Å². The first-order valence-electron chi connectivity index (χ1n) is 9.41. The van der Waals surface area contributed by atoms with Crippen LogP contribution in [0, 0.1) is 0 Å². The Morgan fingerprint density at radius 1 is 1.21 bits per heavy atom. The van der Waals surface area contributed by atoms with Gasteiger partial charge in [-0.2, -0.15) is 0 Å². The summed E-state index contributed by atoms with van der Waals surface area (Å²) in [5, 5.41) is 9.55. The summed E-state index contributed by atoms with van der Waals surface area (Å²) in [6.45, 7) is 2.36. The molecule has 3 rings (SSSR count). The molecule has 0 amide bonds. The number of benzene rings is 1. The first kappa shape index (κ1) is 20.9. The predicted octanol–water partition coefficient (Wildman–Crippen LogP) is 3.49. The molecule has 154 valence electrons. The van der Waals surface area contributed by atoms with Crippen molar-refractivity contribution in [1.29, 1.82) is 0 Å². The second kappa shape index (κ2) is 9.09. The predicted molar refractivity (Wildman–Crippen MR) is 112 cm³/mol. The summed E-state index contributed by atoms with van der Waals surface area (Å²) in [5.74, 6) is 0.974. The Balaban J connectivity index is 2.04. The Labute approximate surface area is 172 Å². The van der Waals surface area contributed by atoms with E-state index in [2.05, 4.69) is 0 Å². The molecule has 2 aromatic heterocycles. The van der Waals surface area contributed by atoms with Gasteiger partial charge in [-0.25, -0.2) is 4.98 Å². The molecule has 0 saturated heterocycles. The Morgan fingerprint density at radius 3 is 2.62 bits per heavy atom. The highest BCUT2D eigenvalue weighted by Gasteiger charge is 2.15. The Kier molecular flexibility index (Phi) is 6.53. The van der Waals surface area contributed by atoms with E-state index in [1.54, 1.807) is 18.8 Å². The van der Waals surface area contributed by atoms with Crippen molar-refractivity contribution in [2.24, 2.45) is 0 Å². The van der Waals surface area contributed by atoms with Gasteiger partial charge in [-0.05, 0) is 36.6 Å². The number of hydrogen-bond acceptors (Lipinski definition) is 6. The first-order chi connectivity index (χ1) is 14.0. The molecule has 0 fully saturated rings. The van der Waals surface area contributed by atoms with Crippen LogP contribution in [0.15, 0.2) is 29.1 Å². The van der Waals surface area contributed by atoms with Gasteiger partial charge in [0.1, 0.15) is 10.7 Å². The van der Waals surface area contributed by atoms with E-state index in [1.807, 2.05) is 31.2 Å². The zero-order valence-corrected chi connectivity index (χ0v) is 17.5. The van der Waals surface area contributed by atoms with Gasteiger partial charge in [-0.1, -0.05) is 13.0 Å². The Hall–Kier alpha value is -2.87. The van der Waals surface area contributed by atoms with Crippen LogP contribution in [0.2, 0.25) is 0 Å². The minimum absolute atomic E-state index is 0.00409. The van der Waals surface area contributed by atoms with Gasteiger partial charge in [0.15, 0.2) is 11.5 Å². The summed E-state index contributed by atoms with van der Waals surface area (Å²) < 4.78 is 12.3. The van der Waals surface area contributed by atoms with Crippen molar-refractivity contribution < 1.29 is 19.4 Å². The molecule has 0 unspecified atom stereocenters. The van der Waals surface area contributed by atoms with Crippen LogP contribution in [-0.2, 0) is 24.2 Å². The van der Waals surface area contributed by atoms with Crippen molar-refractivity contribution in [2.75, 3.05) is 14.2 Å². The topological polar surface area (TPSA) is 90.7 Å². The van der Waals surface area contributed by atoms with E-state index in [-0.39, 0.29) is 12.0 Å². The molecule has 0 atom stereocenters. The third-order valence-corrected chi connectivity index (χ3v) is 5.89. The van der Waals surface area contributed by atoms with Crippen molar-refractivity contribution in [3.63, 3.8) is 0 Å². The highest BCUT2D eigenvalue weighted by molar-refractivity contribution is 7.18. The van der Waals surface area contributed by atoms with Gasteiger partial charge in [0.05, 0.1) is 19.6 Å². The van der Waals surface area contributed by atoms with Crippen LogP contribution in [0.4, 0.5) is 0 Å². The molecular formula is C21H24N2O5S. The van der Waals surface area contributed by atoms with E-state index >= 15 is 0 Å². The number of ether oxygens (including phenoxy) is 2. The lowest BCUT2D eigenvalue weighted by molar-refractivity contribution is -0.137.